The monoisotopic (exact) mass is 245 g/mol. The van der Waals surface area contributed by atoms with Crippen LogP contribution in [0.25, 0.3) is 0 Å². The predicted molar refractivity (Wildman–Crippen MR) is 71.1 cm³/mol. The summed E-state index contributed by atoms with van der Waals surface area (Å²) in [5, 5.41) is 1.09. The zero-order valence-electron chi connectivity index (χ0n) is 9.85. The van der Waals surface area contributed by atoms with Crippen LogP contribution >= 0.6 is 11.8 Å². The first-order valence-electron chi connectivity index (χ1n) is 6.09. The highest BCUT2D eigenvalue weighted by atomic mass is 32.2. The van der Waals surface area contributed by atoms with E-state index in [1.807, 2.05) is 18.2 Å². The number of hydrogen-bond acceptors (Lipinski definition) is 3. The number of fused-ring (bicyclic) bond motifs is 1. The average molecular weight is 245 g/mol. The van der Waals surface area contributed by atoms with Crippen molar-refractivity contribution in [1.29, 1.82) is 0 Å². The summed E-state index contributed by atoms with van der Waals surface area (Å²) >= 11 is 1.71. The molecule has 0 spiro atoms. The molecule has 0 atom stereocenters. The molecule has 0 saturated heterocycles. The van der Waals surface area contributed by atoms with Gasteiger partial charge >= 0.3 is 0 Å². The minimum atomic E-state index is 0.304. The second-order valence-corrected chi connectivity index (χ2v) is 5.54. The van der Waals surface area contributed by atoms with Crippen molar-refractivity contribution in [2.24, 2.45) is 5.92 Å². The summed E-state index contributed by atoms with van der Waals surface area (Å²) in [6, 6.07) is 8.33. The first kappa shape index (κ1) is 10.9. The molecule has 2 nitrogen and oxygen atoms in total. The Kier molecular flexibility index (Phi) is 2.71. The van der Waals surface area contributed by atoms with E-state index in [0.29, 0.717) is 11.7 Å². The standard InChI is InChI=1S/C14H15NOS/c1-2-15-11-5-3-4-6-13(11)17-14(15)9-12(16)10-7-8-10/h3-6,9-10H,2,7-8H2,1H3/b14-9+. The lowest BCUT2D eigenvalue weighted by Crippen LogP contribution is -2.17. The molecule has 0 radical (unpaired) electrons. The fourth-order valence-electron chi connectivity index (χ4n) is 2.09. The van der Waals surface area contributed by atoms with Crippen LogP contribution < -0.4 is 4.90 Å². The van der Waals surface area contributed by atoms with Gasteiger partial charge in [0.25, 0.3) is 0 Å². The van der Waals surface area contributed by atoms with Crippen molar-refractivity contribution < 1.29 is 4.79 Å². The lowest BCUT2D eigenvalue weighted by Gasteiger charge is -2.17. The second kappa shape index (κ2) is 4.22. The summed E-state index contributed by atoms with van der Waals surface area (Å²) in [5.41, 5.74) is 1.23. The van der Waals surface area contributed by atoms with E-state index in [2.05, 4.69) is 24.0 Å². The molecule has 1 aromatic rings. The van der Waals surface area contributed by atoms with E-state index in [0.717, 1.165) is 24.4 Å². The van der Waals surface area contributed by atoms with E-state index in [9.17, 15) is 4.79 Å². The van der Waals surface area contributed by atoms with Crippen LogP contribution in [0.15, 0.2) is 40.3 Å². The molecule has 0 bridgehead atoms. The quantitative estimate of drug-likeness (QED) is 0.761. The molecule has 1 aliphatic heterocycles. The molecule has 1 aliphatic carbocycles. The summed E-state index contributed by atoms with van der Waals surface area (Å²) in [4.78, 5) is 15.3. The predicted octanol–water partition coefficient (Wildman–Crippen LogP) is 3.44. The third-order valence-electron chi connectivity index (χ3n) is 3.20. The first-order valence-corrected chi connectivity index (χ1v) is 6.91. The summed E-state index contributed by atoms with van der Waals surface area (Å²) in [7, 11) is 0. The number of para-hydroxylation sites is 1. The van der Waals surface area contributed by atoms with Gasteiger partial charge in [-0.15, -0.1) is 0 Å². The molecule has 1 heterocycles. The molecule has 0 unspecified atom stereocenters. The van der Waals surface area contributed by atoms with E-state index in [1.165, 1.54) is 10.6 Å². The van der Waals surface area contributed by atoms with Crippen molar-refractivity contribution in [3.05, 3.63) is 35.4 Å². The molecule has 1 fully saturated rings. The fourth-order valence-corrected chi connectivity index (χ4v) is 3.26. The third kappa shape index (κ3) is 2.00. The lowest BCUT2D eigenvalue weighted by molar-refractivity contribution is -0.115. The van der Waals surface area contributed by atoms with Crippen molar-refractivity contribution in [2.45, 2.75) is 24.7 Å². The van der Waals surface area contributed by atoms with Gasteiger partial charge in [-0.25, -0.2) is 0 Å². The number of ketones is 1. The Balaban J connectivity index is 1.91. The summed E-state index contributed by atoms with van der Waals surface area (Å²) in [6.45, 7) is 3.03. The number of benzene rings is 1. The van der Waals surface area contributed by atoms with Gasteiger partial charge < -0.3 is 4.90 Å². The molecule has 0 N–H and O–H groups in total. The molecular formula is C14H15NOS. The van der Waals surface area contributed by atoms with Crippen molar-refractivity contribution >= 4 is 23.2 Å². The molecule has 0 amide bonds. The Morgan fingerprint density at radius 3 is 2.94 bits per heavy atom. The number of carbonyl (C=O) groups excluding carboxylic acids is 1. The second-order valence-electron chi connectivity index (χ2n) is 4.47. The topological polar surface area (TPSA) is 20.3 Å². The number of thioether (sulfide) groups is 1. The number of anilines is 1. The Morgan fingerprint density at radius 2 is 2.24 bits per heavy atom. The number of hydrogen-bond donors (Lipinski definition) is 0. The number of rotatable bonds is 3. The van der Waals surface area contributed by atoms with Gasteiger partial charge in [-0.2, -0.15) is 0 Å². The smallest absolute Gasteiger partial charge is 0.161 e. The van der Waals surface area contributed by atoms with E-state index in [-0.39, 0.29) is 0 Å². The summed E-state index contributed by atoms with van der Waals surface area (Å²) < 4.78 is 0. The lowest BCUT2D eigenvalue weighted by atomic mass is 10.2. The van der Waals surface area contributed by atoms with E-state index in [1.54, 1.807) is 11.8 Å². The van der Waals surface area contributed by atoms with Crippen molar-refractivity contribution in [3.63, 3.8) is 0 Å². The molecule has 1 aromatic carbocycles. The van der Waals surface area contributed by atoms with Crippen LogP contribution in [0.4, 0.5) is 5.69 Å². The Labute approximate surface area is 106 Å². The summed E-state index contributed by atoms with van der Waals surface area (Å²) in [5.74, 6) is 0.615. The van der Waals surface area contributed by atoms with Gasteiger partial charge in [0, 0.05) is 23.4 Å². The minimum absolute atomic E-state index is 0.304. The zero-order chi connectivity index (χ0) is 11.8. The number of allylic oxidation sites excluding steroid dienone is 1. The summed E-state index contributed by atoms with van der Waals surface area (Å²) in [6.07, 6.45) is 3.99. The van der Waals surface area contributed by atoms with Crippen molar-refractivity contribution in [3.8, 4) is 0 Å². The zero-order valence-corrected chi connectivity index (χ0v) is 10.7. The Bertz CT molecular complexity index is 491. The molecular weight excluding hydrogens is 230 g/mol. The maximum Gasteiger partial charge on any atom is 0.161 e. The third-order valence-corrected chi connectivity index (χ3v) is 4.31. The maximum absolute atomic E-state index is 11.9. The first-order chi connectivity index (χ1) is 8.29. The van der Waals surface area contributed by atoms with Gasteiger partial charge in [0.2, 0.25) is 0 Å². The normalized spacial score (nSPS) is 20.8. The van der Waals surface area contributed by atoms with Crippen molar-refractivity contribution in [1.82, 2.24) is 0 Å². The molecule has 3 rings (SSSR count). The van der Waals surface area contributed by atoms with Crippen LogP contribution in [0.1, 0.15) is 19.8 Å². The Morgan fingerprint density at radius 1 is 1.47 bits per heavy atom. The van der Waals surface area contributed by atoms with E-state index < -0.39 is 0 Å². The molecule has 3 heteroatoms. The Hall–Kier alpha value is -1.22. The van der Waals surface area contributed by atoms with Gasteiger partial charge in [-0.05, 0) is 31.9 Å². The van der Waals surface area contributed by atoms with Gasteiger partial charge in [-0.3, -0.25) is 4.79 Å². The molecule has 88 valence electrons. The van der Waals surface area contributed by atoms with Crippen LogP contribution in [0.3, 0.4) is 0 Å². The SMILES string of the molecule is CCN1/C(=C\C(=O)C2CC2)Sc2ccccc21. The van der Waals surface area contributed by atoms with Crippen LogP contribution in [-0.4, -0.2) is 12.3 Å². The maximum atomic E-state index is 11.9. The van der Waals surface area contributed by atoms with Crippen LogP contribution in [-0.2, 0) is 4.79 Å². The van der Waals surface area contributed by atoms with E-state index in [4.69, 9.17) is 0 Å². The van der Waals surface area contributed by atoms with Gasteiger partial charge in [0.1, 0.15) is 0 Å². The van der Waals surface area contributed by atoms with Crippen molar-refractivity contribution in [2.75, 3.05) is 11.4 Å². The van der Waals surface area contributed by atoms with Gasteiger partial charge in [0.05, 0.1) is 10.7 Å². The fraction of sp³-hybridized carbons (Fsp3) is 0.357. The molecule has 1 saturated carbocycles. The van der Waals surface area contributed by atoms with E-state index >= 15 is 0 Å². The minimum Gasteiger partial charge on any atom is -0.335 e. The number of nitrogens with zero attached hydrogens (tertiary/aromatic N) is 1. The van der Waals surface area contributed by atoms with Crippen LogP contribution in [0.5, 0.6) is 0 Å². The highest BCUT2D eigenvalue weighted by Gasteiger charge is 2.30. The van der Waals surface area contributed by atoms with Gasteiger partial charge in [-0.1, -0.05) is 23.9 Å². The number of carbonyl (C=O) groups is 1. The molecule has 17 heavy (non-hydrogen) atoms. The average Bonchev–Trinajstić information content (AvgIpc) is 3.11. The van der Waals surface area contributed by atoms with Crippen LogP contribution in [0.2, 0.25) is 0 Å². The highest BCUT2D eigenvalue weighted by Crippen LogP contribution is 2.46. The molecule has 0 aromatic heterocycles. The highest BCUT2D eigenvalue weighted by molar-refractivity contribution is 8.03. The molecule has 2 aliphatic rings. The van der Waals surface area contributed by atoms with Crippen LogP contribution in [0, 0.1) is 5.92 Å². The van der Waals surface area contributed by atoms with Gasteiger partial charge in [0.15, 0.2) is 5.78 Å². The largest absolute Gasteiger partial charge is 0.335 e.